The van der Waals surface area contributed by atoms with Gasteiger partial charge in [0.05, 0.1) is 0 Å². The molecule has 1 nitrogen and oxygen atoms in total. The van der Waals surface area contributed by atoms with Crippen LogP contribution in [0.5, 0.6) is 0 Å². The highest BCUT2D eigenvalue weighted by atomic mass is 14.9. The van der Waals surface area contributed by atoms with Crippen molar-refractivity contribution in [1.82, 2.24) is 5.32 Å². The third-order valence-electron chi connectivity index (χ3n) is 1.58. The van der Waals surface area contributed by atoms with Gasteiger partial charge in [-0.1, -0.05) is 19.8 Å². The van der Waals surface area contributed by atoms with Crippen LogP contribution >= 0.6 is 0 Å². The van der Waals surface area contributed by atoms with Crippen molar-refractivity contribution < 1.29 is 0 Å². The van der Waals surface area contributed by atoms with Crippen LogP contribution in [0.4, 0.5) is 0 Å². The summed E-state index contributed by atoms with van der Waals surface area (Å²) in [7, 11) is 1.95. The van der Waals surface area contributed by atoms with Gasteiger partial charge in [0.15, 0.2) is 0 Å². The van der Waals surface area contributed by atoms with Crippen molar-refractivity contribution >= 4 is 0 Å². The molecule has 1 N–H and O–H groups in total. The summed E-state index contributed by atoms with van der Waals surface area (Å²) in [5.74, 6) is 2.64. The number of hydrogen-bond acceptors (Lipinski definition) is 1. The molecule has 0 spiro atoms. The molecule has 1 radical (unpaired) electrons. The summed E-state index contributed by atoms with van der Waals surface area (Å²) in [6, 6.07) is 0.492. The van der Waals surface area contributed by atoms with E-state index >= 15 is 0 Å². The van der Waals surface area contributed by atoms with Gasteiger partial charge in [0.25, 0.3) is 0 Å². The van der Waals surface area contributed by atoms with E-state index in [1.54, 1.807) is 0 Å². The highest BCUT2D eigenvalue weighted by molar-refractivity contribution is 4.89. The lowest BCUT2D eigenvalue weighted by molar-refractivity contribution is 0.517. The smallest absolute Gasteiger partial charge is 0.0240 e. The summed E-state index contributed by atoms with van der Waals surface area (Å²) < 4.78 is 0. The van der Waals surface area contributed by atoms with E-state index in [-0.39, 0.29) is 0 Å². The van der Waals surface area contributed by atoms with E-state index in [0.29, 0.717) is 6.04 Å². The van der Waals surface area contributed by atoms with Gasteiger partial charge in [0.1, 0.15) is 0 Å². The molecule has 0 amide bonds. The first-order valence-electron chi connectivity index (χ1n) is 3.75. The maximum absolute atomic E-state index is 5.17. The lowest BCUT2D eigenvalue weighted by Gasteiger charge is -2.11. The first-order valence-corrected chi connectivity index (χ1v) is 3.75. The molecule has 0 bridgehead atoms. The van der Waals surface area contributed by atoms with Gasteiger partial charge >= 0.3 is 0 Å². The fraction of sp³-hybridized carbons (Fsp3) is 0.667. The minimum absolute atomic E-state index is 0.492. The van der Waals surface area contributed by atoms with Gasteiger partial charge < -0.3 is 5.32 Å². The lowest BCUT2D eigenvalue weighted by Crippen LogP contribution is -2.24. The number of rotatable bonds is 5. The molecular formula is C9H16N. The Morgan fingerprint density at radius 3 is 2.80 bits per heavy atom. The first kappa shape index (κ1) is 9.52. The SMILES string of the molecule is C#CCC(CCC[CH2])NC. The quantitative estimate of drug-likeness (QED) is 0.569. The molecule has 57 valence electrons. The van der Waals surface area contributed by atoms with Gasteiger partial charge in [-0.25, -0.2) is 0 Å². The van der Waals surface area contributed by atoms with Crippen LogP contribution in [0.2, 0.25) is 0 Å². The monoisotopic (exact) mass is 138 g/mol. The third kappa shape index (κ3) is 4.40. The molecule has 0 aromatic heterocycles. The molecule has 0 aromatic carbocycles. The molecule has 1 heteroatoms. The van der Waals surface area contributed by atoms with Crippen molar-refractivity contribution in [2.24, 2.45) is 0 Å². The summed E-state index contributed by atoms with van der Waals surface area (Å²) >= 11 is 0. The highest BCUT2D eigenvalue weighted by Gasteiger charge is 2.01. The van der Waals surface area contributed by atoms with Gasteiger partial charge in [0, 0.05) is 12.5 Å². The van der Waals surface area contributed by atoms with E-state index in [0.717, 1.165) is 25.7 Å². The zero-order valence-electron chi connectivity index (χ0n) is 6.69. The van der Waals surface area contributed by atoms with Crippen LogP contribution in [0.1, 0.15) is 25.7 Å². The van der Waals surface area contributed by atoms with E-state index in [1.165, 1.54) is 0 Å². The second-order valence-electron chi connectivity index (χ2n) is 2.39. The lowest BCUT2D eigenvalue weighted by atomic mass is 10.1. The average molecular weight is 138 g/mol. The zero-order chi connectivity index (χ0) is 7.82. The van der Waals surface area contributed by atoms with Crippen molar-refractivity contribution in [1.29, 1.82) is 0 Å². The van der Waals surface area contributed by atoms with Crippen LogP contribution < -0.4 is 5.32 Å². The van der Waals surface area contributed by atoms with E-state index < -0.39 is 0 Å². The number of nitrogens with one attached hydrogen (secondary N) is 1. The molecule has 0 saturated carbocycles. The Labute approximate surface area is 64.2 Å². The molecule has 1 unspecified atom stereocenters. The average Bonchev–Trinajstić information content (AvgIpc) is 1.98. The van der Waals surface area contributed by atoms with Gasteiger partial charge in [0.2, 0.25) is 0 Å². The summed E-state index contributed by atoms with van der Waals surface area (Å²) in [5.41, 5.74) is 0. The Bertz CT molecular complexity index is 102. The van der Waals surface area contributed by atoms with Crippen LogP contribution in [-0.2, 0) is 0 Å². The zero-order valence-corrected chi connectivity index (χ0v) is 6.69. The molecule has 0 aromatic rings. The van der Waals surface area contributed by atoms with Crippen molar-refractivity contribution in [2.45, 2.75) is 31.7 Å². The topological polar surface area (TPSA) is 12.0 Å². The molecule has 0 fully saturated rings. The Morgan fingerprint density at radius 1 is 1.70 bits per heavy atom. The van der Waals surface area contributed by atoms with Crippen LogP contribution in [0.15, 0.2) is 0 Å². The summed E-state index contributed by atoms with van der Waals surface area (Å²) in [5, 5.41) is 3.17. The second kappa shape index (κ2) is 6.64. The fourth-order valence-electron chi connectivity index (χ4n) is 0.881. The maximum atomic E-state index is 5.17. The van der Waals surface area contributed by atoms with Crippen molar-refractivity contribution in [3.63, 3.8) is 0 Å². The standard InChI is InChI=1S/C9H16N/c1-4-6-8-9(10-3)7-5-2/h2,9-10H,1,4,6-8H2,3H3. The van der Waals surface area contributed by atoms with E-state index in [1.807, 2.05) is 7.05 Å². The van der Waals surface area contributed by atoms with Gasteiger partial charge in [-0.2, -0.15) is 0 Å². The Hall–Kier alpha value is -0.480. The molecule has 0 aliphatic heterocycles. The van der Waals surface area contributed by atoms with E-state index in [9.17, 15) is 0 Å². The molecule has 0 aliphatic carbocycles. The predicted molar refractivity (Wildman–Crippen MR) is 45.5 cm³/mol. The Morgan fingerprint density at radius 2 is 2.40 bits per heavy atom. The molecule has 1 atom stereocenters. The normalized spacial score (nSPS) is 12.5. The van der Waals surface area contributed by atoms with Crippen LogP contribution in [0.25, 0.3) is 0 Å². The number of unbranched alkanes of at least 4 members (excludes halogenated alkanes) is 1. The van der Waals surface area contributed by atoms with Gasteiger partial charge in [-0.15, -0.1) is 12.3 Å². The van der Waals surface area contributed by atoms with Crippen LogP contribution in [0, 0.1) is 19.3 Å². The summed E-state index contributed by atoms with van der Waals surface area (Å²) in [6.45, 7) is 3.77. The van der Waals surface area contributed by atoms with Crippen molar-refractivity contribution in [3.05, 3.63) is 6.92 Å². The Balaban J connectivity index is 3.32. The molecule has 0 rings (SSSR count). The van der Waals surface area contributed by atoms with Crippen molar-refractivity contribution in [2.75, 3.05) is 7.05 Å². The van der Waals surface area contributed by atoms with E-state index in [4.69, 9.17) is 6.42 Å². The Kier molecular flexibility index (Phi) is 6.32. The van der Waals surface area contributed by atoms with E-state index in [2.05, 4.69) is 18.2 Å². The maximum Gasteiger partial charge on any atom is 0.0240 e. The second-order valence-corrected chi connectivity index (χ2v) is 2.39. The highest BCUT2D eigenvalue weighted by Crippen LogP contribution is 2.02. The van der Waals surface area contributed by atoms with Crippen LogP contribution in [0.3, 0.4) is 0 Å². The molecule has 0 heterocycles. The number of hydrogen-bond donors (Lipinski definition) is 1. The molecule has 10 heavy (non-hydrogen) atoms. The summed E-state index contributed by atoms with van der Waals surface area (Å²) in [6.07, 6.45) is 9.31. The minimum atomic E-state index is 0.492. The molecular weight excluding hydrogens is 122 g/mol. The number of terminal acetylenes is 1. The van der Waals surface area contributed by atoms with Crippen molar-refractivity contribution in [3.8, 4) is 12.3 Å². The third-order valence-corrected chi connectivity index (χ3v) is 1.58. The minimum Gasteiger partial charge on any atom is -0.316 e. The van der Waals surface area contributed by atoms with Gasteiger partial charge in [-0.05, 0) is 13.5 Å². The predicted octanol–water partition coefficient (Wildman–Crippen LogP) is 1.60. The summed E-state index contributed by atoms with van der Waals surface area (Å²) in [4.78, 5) is 0. The molecule has 0 aliphatic rings. The van der Waals surface area contributed by atoms with Gasteiger partial charge in [-0.3, -0.25) is 0 Å². The fourth-order valence-corrected chi connectivity index (χ4v) is 0.881. The largest absolute Gasteiger partial charge is 0.316 e. The molecule has 0 saturated heterocycles. The van der Waals surface area contributed by atoms with Crippen LogP contribution in [-0.4, -0.2) is 13.1 Å². The first-order chi connectivity index (χ1) is 4.85.